The third-order valence-electron chi connectivity index (χ3n) is 3.61. The molecule has 1 N–H and O–H groups in total. The molecule has 1 nitrogen and oxygen atoms in total. The van der Waals surface area contributed by atoms with Crippen molar-refractivity contribution in [2.75, 3.05) is 12.3 Å². The average Bonchev–Trinajstić information content (AvgIpc) is 2.32. The van der Waals surface area contributed by atoms with Crippen LogP contribution in [0.3, 0.4) is 0 Å². The Balaban J connectivity index is 1.82. The largest absolute Gasteiger partial charge is 0.313 e. The molecule has 1 aromatic rings. The van der Waals surface area contributed by atoms with E-state index in [4.69, 9.17) is 11.6 Å². The van der Waals surface area contributed by atoms with E-state index in [2.05, 4.69) is 24.4 Å². The molecule has 1 unspecified atom stereocenters. The molecule has 1 aliphatic carbocycles. The second kappa shape index (κ2) is 7.42. The lowest BCUT2D eigenvalue weighted by Crippen LogP contribution is -2.34. The van der Waals surface area contributed by atoms with Crippen LogP contribution in [0.2, 0.25) is 5.02 Å². The topological polar surface area (TPSA) is 12.0 Å². The van der Waals surface area contributed by atoms with Crippen LogP contribution in [-0.2, 0) is 0 Å². The fourth-order valence-electron chi connectivity index (χ4n) is 2.38. The second-order valence-corrected chi connectivity index (χ2v) is 6.50. The predicted molar refractivity (Wildman–Crippen MR) is 81.6 cm³/mol. The summed E-state index contributed by atoms with van der Waals surface area (Å²) in [6.07, 6.45) is 5.61. The number of thioether (sulfide) groups is 1. The van der Waals surface area contributed by atoms with Crippen LogP contribution in [0.25, 0.3) is 0 Å². The molecule has 1 atom stereocenters. The van der Waals surface area contributed by atoms with Crippen LogP contribution in [0.15, 0.2) is 29.2 Å². The van der Waals surface area contributed by atoms with Crippen molar-refractivity contribution in [2.24, 2.45) is 5.92 Å². The highest BCUT2D eigenvalue weighted by Gasteiger charge is 2.21. The summed E-state index contributed by atoms with van der Waals surface area (Å²) in [5.74, 6) is 2.08. The monoisotopic (exact) mass is 283 g/mol. The summed E-state index contributed by atoms with van der Waals surface area (Å²) in [5.41, 5.74) is 0. The van der Waals surface area contributed by atoms with E-state index in [0.29, 0.717) is 6.04 Å². The Labute approximate surface area is 120 Å². The Morgan fingerprint density at radius 2 is 2.17 bits per heavy atom. The Kier molecular flexibility index (Phi) is 5.87. The van der Waals surface area contributed by atoms with Gasteiger partial charge in [-0.3, -0.25) is 0 Å². The van der Waals surface area contributed by atoms with Crippen LogP contribution in [-0.4, -0.2) is 18.3 Å². The number of hydrogen-bond donors (Lipinski definition) is 1. The molecule has 0 radical (unpaired) electrons. The lowest BCUT2D eigenvalue weighted by molar-refractivity contribution is 0.269. The van der Waals surface area contributed by atoms with Gasteiger partial charge in [0.2, 0.25) is 0 Å². The Morgan fingerprint density at radius 3 is 2.78 bits per heavy atom. The molecule has 0 amide bonds. The van der Waals surface area contributed by atoms with Gasteiger partial charge in [-0.15, -0.1) is 11.8 Å². The molecule has 0 saturated heterocycles. The molecule has 0 aliphatic heterocycles. The van der Waals surface area contributed by atoms with Crippen molar-refractivity contribution in [1.29, 1.82) is 0 Å². The van der Waals surface area contributed by atoms with E-state index in [1.165, 1.54) is 30.6 Å². The van der Waals surface area contributed by atoms with Crippen molar-refractivity contribution in [3.8, 4) is 0 Å². The molecule has 1 fully saturated rings. The zero-order chi connectivity index (χ0) is 12.8. The van der Waals surface area contributed by atoms with Gasteiger partial charge in [0.15, 0.2) is 0 Å². The molecular formula is C15H22ClNS. The SMILES string of the molecule is CCNC(CSc1ccccc1Cl)CC1CCC1. The van der Waals surface area contributed by atoms with E-state index in [1.54, 1.807) is 0 Å². The molecule has 3 heteroatoms. The first-order chi connectivity index (χ1) is 8.79. The van der Waals surface area contributed by atoms with E-state index >= 15 is 0 Å². The molecule has 2 rings (SSSR count). The van der Waals surface area contributed by atoms with Crippen LogP contribution >= 0.6 is 23.4 Å². The van der Waals surface area contributed by atoms with Crippen LogP contribution in [0.4, 0.5) is 0 Å². The Morgan fingerprint density at radius 1 is 1.39 bits per heavy atom. The van der Waals surface area contributed by atoms with Gasteiger partial charge in [0.1, 0.15) is 0 Å². The summed E-state index contributed by atoms with van der Waals surface area (Å²) in [6.45, 7) is 3.24. The molecule has 0 bridgehead atoms. The van der Waals surface area contributed by atoms with E-state index < -0.39 is 0 Å². The summed E-state index contributed by atoms with van der Waals surface area (Å²) < 4.78 is 0. The van der Waals surface area contributed by atoms with Crippen molar-refractivity contribution in [3.05, 3.63) is 29.3 Å². The predicted octanol–water partition coefficient (Wildman–Crippen LogP) is 4.60. The molecule has 0 aromatic heterocycles. The quantitative estimate of drug-likeness (QED) is 0.734. The maximum absolute atomic E-state index is 6.19. The summed E-state index contributed by atoms with van der Waals surface area (Å²) in [5, 5.41) is 4.48. The number of halogens is 1. The first-order valence-electron chi connectivity index (χ1n) is 6.90. The minimum Gasteiger partial charge on any atom is -0.313 e. The normalized spacial score (nSPS) is 17.4. The van der Waals surface area contributed by atoms with E-state index in [9.17, 15) is 0 Å². The minimum absolute atomic E-state index is 0.626. The van der Waals surface area contributed by atoms with Gasteiger partial charge in [0, 0.05) is 16.7 Å². The number of rotatable bonds is 7. The fourth-order valence-corrected chi connectivity index (χ4v) is 3.70. The number of hydrogen-bond acceptors (Lipinski definition) is 2. The lowest BCUT2D eigenvalue weighted by Gasteiger charge is -2.30. The van der Waals surface area contributed by atoms with Gasteiger partial charge in [0.05, 0.1) is 5.02 Å². The highest BCUT2D eigenvalue weighted by atomic mass is 35.5. The van der Waals surface area contributed by atoms with Crippen molar-refractivity contribution < 1.29 is 0 Å². The maximum Gasteiger partial charge on any atom is 0.0541 e. The zero-order valence-corrected chi connectivity index (χ0v) is 12.6. The van der Waals surface area contributed by atoms with Gasteiger partial charge < -0.3 is 5.32 Å². The number of nitrogens with one attached hydrogen (secondary N) is 1. The molecule has 18 heavy (non-hydrogen) atoms. The van der Waals surface area contributed by atoms with Gasteiger partial charge in [-0.1, -0.05) is 49.9 Å². The van der Waals surface area contributed by atoms with E-state index in [1.807, 2.05) is 23.9 Å². The van der Waals surface area contributed by atoms with Crippen LogP contribution in [0, 0.1) is 5.92 Å². The Bertz CT molecular complexity index is 365. The van der Waals surface area contributed by atoms with Gasteiger partial charge >= 0.3 is 0 Å². The smallest absolute Gasteiger partial charge is 0.0541 e. The first kappa shape index (κ1) is 14.2. The van der Waals surface area contributed by atoms with Crippen LogP contribution < -0.4 is 5.32 Å². The van der Waals surface area contributed by atoms with E-state index in [0.717, 1.165) is 23.2 Å². The molecule has 1 aliphatic rings. The maximum atomic E-state index is 6.19. The Hall–Kier alpha value is -0.180. The molecule has 100 valence electrons. The van der Waals surface area contributed by atoms with Crippen molar-refractivity contribution in [2.45, 2.75) is 43.5 Å². The summed E-state index contributed by atoms with van der Waals surface area (Å²) in [4.78, 5) is 1.20. The highest BCUT2D eigenvalue weighted by Crippen LogP contribution is 2.33. The summed E-state index contributed by atoms with van der Waals surface area (Å²) >= 11 is 8.06. The third-order valence-corrected chi connectivity index (χ3v) is 5.29. The summed E-state index contributed by atoms with van der Waals surface area (Å²) in [7, 11) is 0. The number of benzene rings is 1. The highest BCUT2D eigenvalue weighted by molar-refractivity contribution is 7.99. The fraction of sp³-hybridized carbons (Fsp3) is 0.600. The first-order valence-corrected chi connectivity index (χ1v) is 8.26. The lowest BCUT2D eigenvalue weighted by atomic mass is 9.81. The van der Waals surface area contributed by atoms with Crippen LogP contribution in [0.1, 0.15) is 32.6 Å². The van der Waals surface area contributed by atoms with Gasteiger partial charge in [0.25, 0.3) is 0 Å². The molecule has 1 aromatic carbocycles. The van der Waals surface area contributed by atoms with E-state index in [-0.39, 0.29) is 0 Å². The van der Waals surface area contributed by atoms with Crippen molar-refractivity contribution >= 4 is 23.4 Å². The zero-order valence-electron chi connectivity index (χ0n) is 11.0. The standard InChI is InChI=1S/C15H22ClNS/c1-2-17-13(10-12-6-5-7-12)11-18-15-9-4-3-8-14(15)16/h3-4,8-9,12-13,17H,2,5-7,10-11H2,1H3. The van der Waals surface area contributed by atoms with Crippen LogP contribution in [0.5, 0.6) is 0 Å². The summed E-state index contributed by atoms with van der Waals surface area (Å²) in [6, 6.07) is 8.75. The second-order valence-electron chi connectivity index (χ2n) is 5.03. The molecule has 1 saturated carbocycles. The minimum atomic E-state index is 0.626. The average molecular weight is 284 g/mol. The molecule has 0 spiro atoms. The van der Waals surface area contributed by atoms with Gasteiger partial charge in [-0.2, -0.15) is 0 Å². The molecule has 0 heterocycles. The van der Waals surface area contributed by atoms with Crippen molar-refractivity contribution in [1.82, 2.24) is 5.32 Å². The van der Waals surface area contributed by atoms with Gasteiger partial charge in [-0.25, -0.2) is 0 Å². The third kappa shape index (κ3) is 4.18. The molecular weight excluding hydrogens is 262 g/mol. The van der Waals surface area contributed by atoms with Crippen molar-refractivity contribution in [3.63, 3.8) is 0 Å². The van der Waals surface area contributed by atoms with Gasteiger partial charge in [-0.05, 0) is 31.0 Å².